The number of imidazole rings is 1. The number of nitrogens with one attached hydrogen (secondary N) is 2. The summed E-state index contributed by atoms with van der Waals surface area (Å²) in [4.78, 5) is 25.1. The molecular weight excluding hydrogens is 465 g/mol. The fourth-order valence-corrected chi connectivity index (χ4v) is 3.12. The third-order valence-electron chi connectivity index (χ3n) is 4.57. The first-order valence-corrected chi connectivity index (χ1v) is 10.2. The lowest BCUT2D eigenvalue weighted by Gasteiger charge is -2.14. The average Bonchev–Trinajstić information content (AvgIpc) is 3.21. The van der Waals surface area contributed by atoms with Gasteiger partial charge >= 0.3 is 12.4 Å². The van der Waals surface area contributed by atoms with Crippen molar-refractivity contribution in [3.63, 3.8) is 0 Å². The number of hydrogen-bond acceptors (Lipinski definition) is 6. The van der Waals surface area contributed by atoms with E-state index < -0.39 is 18.1 Å². The molecule has 9 nitrogen and oxygen atoms in total. The first-order chi connectivity index (χ1) is 16.7. The number of alkyl halides is 3. The molecule has 0 radical (unpaired) electrons. The van der Waals surface area contributed by atoms with Gasteiger partial charge in [-0.2, -0.15) is 4.98 Å². The van der Waals surface area contributed by atoms with Gasteiger partial charge in [-0.1, -0.05) is 12.1 Å². The molecule has 2 heterocycles. The molecule has 0 saturated carbocycles. The number of halogens is 3. The Morgan fingerprint density at radius 1 is 1.00 bits per heavy atom. The van der Waals surface area contributed by atoms with Crippen LogP contribution in [0.15, 0.2) is 67.0 Å². The molecule has 0 aliphatic carbocycles. The molecule has 35 heavy (non-hydrogen) atoms. The molecule has 0 saturated heterocycles. The zero-order valence-electron chi connectivity index (χ0n) is 18.5. The number of benzene rings is 2. The molecule has 0 fully saturated rings. The number of aromatic nitrogens is 4. The van der Waals surface area contributed by atoms with Crippen molar-refractivity contribution in [1.29, 1.82) is 0 Å². The van der Waals surface area contributed by atoms with Gasteiger partial charge in [0.05, 0.1) is 5.69 Å². The summed E-state index contributed by atoms with van der Waals surface area (Å²) in [5.74, 6) is 2.12. The normalized spacial score (nSPS) is 11.1. The standard InChI is InChI=1S/C23H19F3N6O3/c1-14-28-20(32-12-11-27-15(32)2)13-21(29-14)34-17-9-7-16(8-10-17)30-22(33)31-18-5-3-4-6-19(18)35-23(24,25)26/h3-13H,1-2H3,(H2,30,31,33). The van der Waals surface area contributed by atoms with Gasteiger partial charge in [-0.3, -0.25) is 4.57 Å². The third kappa shape index (κ3) is 6.25. The molecule has 0 aliphatic rings. The Balaban J connectivity index is 1.41. The Labute approximate surface area is 197 Å². The van der Waals surface area contributed by atoms with E-state index in [1.54, 1.807) is 54.2 Å². The lowest BCUT2D eigenvalue weighted by Crippen LogP contribution is -2.22. The summed E-state index contributed by atoms with van der Waals surface area (Å²) < 4.78 is 49.2. The van der Waals surface area contributed by atoms with Crippen LogP contribution in [0.2, 0.25) is 0 Å². The number of aryl methyl sites for hydroxylation is 2. The number of urea groups is 1. The van der Waals surface area contributed by atoms with Crippen molar-refractivity contribution < 1.29 is 27.4 Å². The maximum atomic E-state index is 12.6. The predicted molar refractivity (Wildman–Crippen MR) is 121 cm³/mol. The summed E-state index contributed by atoms with van der Waals surface area (Å²) in [6, 6.07) is 12.5. The van der Waals surface area contributed by atoms with Crippen molar-refractivity contribution in [3.05, 3.63) is 78.6 Å². The van der Waals surface area contributed by atoms with E-state index in [1.165, 1.54) is 18.2 Å². The average molecular weight is 484 g/mol. The molecule has 0 spiro atoms. The van der Waals surface area contributed by atoms with Gasteiger partial charge in [-0.15, -0.1) is 13.2 Å². The van der Waals surface area contributed by atoms with E-state index >= 15 is 0 Å². The third-order valence-corrected chi connectivity index (χ3v) is 4.57. The fraction of sp³-hybridized carbons (Fsp3) is 0.130. The number of carbonyl (C=O) groups excluding carboxylic acids is 1. The molecule has 0 atom stereocenters. The molecule has 180 valence electrons. The monoisotopic (exact) mass is 484 g/mol. The number of nitrogens with zero attached hydrogens (tertiary/aromatic N) is 4. The van der Waals surface area contributed by atoms with E-state index in [9.17, 15) is 18.0 Å². The first-order valence-electron chi connectivity index (χ1n) is 10.2. The highest BCUT2D eigenvalue weighted by molar-refractivity contribution is 6.00. The Morgan fingerprint density at radius 3 is 2.43 bits per heavy atom. The van der Waals surface area contributed by atoms with Crippen LogP contribution >= 0.6 is 0 Å². The molecule has 2 aromatic carbocycles. The maximum Gasteiger partial charge on any atom is 0.573 e. The molecule has 2 aromatic heterocycles. The molecule has 0 bridgehead atoms. The highest BCUT2D eigenvalue weighted by atomic mass is 19.4. The van der Waals surface area contributed by atoms with Crippen molar-refractivity contribution in [3.8, 4) is 23.2 Å². The second-order valence-corrected chi connectivity index (χ2v) is 7.21. The number of anilines is 2. The maximum absolute atomic E-state index is 12.6. The van der Waals surface area contributed by atoms with Gasteiger partial charge in [-0.25, -0.2) is 14.8 Å². The summed E-state index contributed by atoms with van der Waals surface area (Å²) in [6.45, 7) is 3.59. The van der Waals surface area contributed by atoms with Crippen LogP contribution < -0.4 is 20.1 Å². The Bertz CT molecular complexity index is 1340. The molecule has 12 heteroatoms. The zero-order chi connectivity index (χ0) is 25.0. The Hall–Kier alpha value is -4.61. The van der Waals surface area contributed by atoms with Gasteiger partial charge in [0.2, 0.25) is 5.88 Å². The van der Waals surface area contributed by atoms with Crippen molar-refractivity contribution >= 4 is 17.4 Å². The van der Waals surface area contributed by atoms with Crippen molar-refractivity contribution in [2.75, 3.05) is 10.6 Å². The number of hydrogen-bond donors (Lipinski definition) is 2. The van der Waals surface area contributed by atoms with Crippen LogP contribution in [0.5, 0.6) is 17.4 Å². The summed E-state index contributed by atoms with van der Waals surface area (Å²) in [5.41, 5.74) is 0.253. The smallest absolute Gasteiger partial charge is 0.439 e. The highest BCUT2D eigenvalue weighted by Crippen LogP contribution is 2.30. The van der Waals surface area contributed by atoms with Crippen molar-refractivity contribution in [2.24, 2.45) is 0 Å². The molecule has 2 amide bonds. The summed E-state index contributed by atoms with van der Waals surface area (Å²) in [6.07, 6.45) is -1.44. The van der Waals surface area contributed by atoms with Crippen LogP contribution in [-0.2, 0) is 0 Å². The lowest BCUT2D eigenvalue weighted by atomic mass is 10.3. The van der Waals surface area contributed by atoms with Crippen LogP contribution in [0, 0.1) is 13.8 Å². The van der Waals surface area contributed by atoms with Gasteiger partial charge in [0.25, 0.3) is 0 Å². The summed E-state index contributed by atoms with van der Waals surface area (Å²) >= 11 is 0. The SMILES string of the molecule is Cc1nc(Oc2ccc(NC(=O)Nc3ccccc3OC(F)(F)F)cc2)cc(-n2ccnc2C)n1. The summed E-state index contributed by atoms with van der Waals surface area (Å²) in [7, 11) is 0. The second-order valence-electron chi connectivity index (χ2n) is 7.21. The fourth-order valence-electron chi connectivity index (χ4n) is 3.12. The number of carbonyl (C=O) groups is 1. The minimum absolute atomic E-state index is 0.134. The van der Waals surface area contributed by atoms with Crippen molar-refractivity contribution in [2.45, 2.75) is 20.2 Å². The predicted octanol–water partition coefficient (Wildman–Crippen LogP) is 5.61. The number of ether oxygens (including phenoxy) is 2. The van der Waals surface area contributed by atoms with Crippen LogP contribution in [0.3, 0.4) is 0 Å². The topological polar surface area (TPSA) is 103 Å². The molecule has 4 rings (SSSR count). The number of amides is 2. The van der Waals surface area contributed by atoms with Crippen LogP contribution in [0.4, 0.5) is 29.3 Å². The van der Waals surface area contributed by atoms with Crippen LogP contribution in [0.1, 0.15) is 11.6 Å². The van der Waals surface area contributed by atoms with Gasteiger partial charge in [0.15, 0.2) is 5.75 Å². The number of para-hydroxylation sites is 2. The minimum atomic E-state index is -4.88. The number of rotatable bonds is 6. The van der Waals surface area contributed by atoms with E-state index in [4.69, 9.17) is 4.74 Å². The molecule has 0 unspecified atom stereocenters. The molecular formula is C23H19F3N6O3. The van der Waals surface area contributed by atoms with Gasteiger partial charge in [0, 0.05) is 24.1 Å². The van der Waals surface area contributed by atoms with Crippen LogP contribution in [0.25, 0.3) is 5.82 Å². The van der Waals surface area contributed by atoms with Gasteiger partial charge in [0.1, 0.15) is 23.2 Å². The Morgan fingerprint density at radius 2 is 1.74 bits per heavy atom. The van der Waals surface area contributed by atoms with E-state index in [2.05, 4.69) is 30.3 Å². The second kappa shape index (κ2) is 9.71. The minimum Gasteiger partial charge on any atom is -0.439 e. The largest absolute Gasteiger partial charge is 0.573 e. The zero-order valence-corrected chi connectivity index (χ0v) is 18.5. The van der Waals surface area contributed by atoms with Crippen molar-refractivity contribution in [1.82, 2.24) is 19.5 Å². The van der Waals surface area contributed by atoms with Gasteiger partial charge in [-0.05, 0) is 50.2 Å². The quantitative estimate of drug-likeness (QED) is 0.369. The van der Waals surface area contributed by atoms with E-state index in [0.717, 1.165) is 11.9 Å². The van der Waals surface area contributed by atoms with E-state index in [0.29, 0.717) is 29.0 Å². The first kappa shape index (κ1) is 23.5. The highest BCUT2D eigenvalue weighted by Gasteiger charge is 2.32. The van der Waals surface area contributed by atoms with E-state index in [-0.39, 0.29) is 5.69 Å². The van der Waals surface area contributed by atoms with Crippen LogP contribution in [-0.4, -0.2) is 31.9 Å². The molecule has 2 N–H and O–H groups in total. The molecule has 0 aliphatic heterocycles. The van der Waals surface area contributed by atoms with Gasteiger partial charge < -0.3 is 20.1 Å². The summed E-state index contributed by atoms with van der Waals surface area (Å²) in [5, 5.41) is 4.87. The molecule has 4 aromatic rings. The lowest BCUT2D eigenvalue weighted by molar-refractivity contribution is -0.274. The van der Waals surface area contributed by atoms with E-state index in [1.807, 2.05) is 6.92 Å². The Kier molecular flexibility index (Phi) is 6.53.